The number of benzene rings is 1. The van der Waals surface area contributed by atoms with Gasteiger partial charge in [-0.3, -0.25) is 0 Å². The fourth-order valence-corrected chi connectivity index (χ4v) is 1.50. The molecule has 0 aromatic heterocycles. The first-order valence-electron chi connectivity index (χ1n) is 4.94. The van der Waals surface area contributed by atoms with Gasteiger partial charge in [0.25, 0.3) is 0 Å². The summed E-state index contributed by atoms with van der Waals surface area (Å²) in [6, 6.07) is 4.86. The Kier molecular flexibility index (Phi) is 5.55. The van der Waals surface area contributed by atoms with Gasteiger partial charge >= 0.3 is 5.97 Å². The van der Waals surface area contributed by atoms with E-state index < -0.39 is 12.1 Å². The Balaban J connectivity index is 2.78. The standard InChI is InChI=1S/C11H13Cl2NO3/c1-17-11(16)9-4-7(2-3-10(9)13)14-6-8(15)5-12/h2-4,8,14-15H,5-6H2,1H3. The number of hydrogen-bond acceptors (Lipinski definition) is 4. The molecule has 0 saturated carbocycles. The van der Waals surface area contributed by atoms with E-state index in [-0.39, 0.29) is 11.4 Å². The number of ether oxygens (including phenoxy) is 1. The first-order chi connectivity index (χ1) is 8.08. The molecule has 0 heterocycles. The largest absolute Gasteiger partial charge is 0.465 e. The van der Waals surface area contributed by atoms with Crippen molar-refractivity contribution in [2.45, 2.75) is 6.10 Å². The number of halogens is 2. The van der Waals surface area contributed by atoms with Crippen LogP contribution < -0.4 is 5.32 Å². The molecule has 17 heavy (non-hydrogen) atoms. The number of carbonyl (C=O) groups excluding carboxylic acids is 1. The molecule has 0 amide bonds. The minimum absolute atomic E-state index is 0.143. The van der Waals surface area contributed by atoms with Gasteiger partial charge in [0.05, 0.1) is 29.7 Å². The summed E-state index contributed by atoms with van der Waals surface area (Å²) in [6.07, 6.45) is -0.645. The average Bonchev–Trinajstić information content (AvgIpc) is 2.36. The van der Waals surface area contributed by atoms with E-state index in [0.29, 0.717) is 17.3 Å². The second-order valence-electron chi connectivity index (χ2n) is 3.38. The lowest BCUT2D eigenvalue weighted by Crippen LogP contribution is -2.20. The molecule has 1 unspecified atom stereocenters. The first-order valence-corrected chi connectivity index (χ1v) is 5.85. The molecular formula is C11H13Cl2NO3. The maximum Gasteiger partial charge on any atom is 0.339 e. The number of nitrogens with one attached hydrogen (secondary N) is 1. The molecule has 0 aliphatic rings. The summed E-state index contributed by atoms with van der Waals surface area (Å²) < 4.78 is 4.60. The molecule has 0 saturated heterocycles. The van der Waals surface area contributed by atoms with E-state index >= 15 is 0 Å². The molecule has 1 atom stereocenters. The number of methoxy groups -OCH3 is 1. The molecule has 1 rings (SSSR count). The molecule has 6 heteroatoms. The summed E-state index contributed by atoms with van der Waals surface area (Å²) >= 11 is 11.3. The molecule has 2 N–H and O–H groups in total. The predicted octanol–water partition coefficient (Wildman–Crippen LogP) is 2.14. The van der Waals surface area contributed by atoms with Gasteiger partial charge in [-0.05, 0) is 18.2 Å². The van der Waals surface area contributed by atoms with Crippen molar-refractivity contribution < 1.29 is 14.6 Å². The third-order valence-corrected chi connectivity index (χ3v) is 2.78. The van der Waals surface area contributed by atoms with Gasteiger partial charge < -0.3 is 15.2 Å². The van der Waals surface area contributed by atoms with Crippen LogP contribution in [0.4, 0.5) is 5.69 Å². The van der Waals surface area contributed by atoms with Crippen LogP contribution in [0.25, 0.3) is 0 Å². The Labute approximate surface area is 109 Å². The lowest BCUT2D eigenvalue weighted by atomic mass is 10.2. The molecule has 1 aromatic rings. The van der Waals surface area contributed by atoms with E-state index in [2.05, 4.69) is 10.1 Å². The number of aliphatic hydroxyl groups is 1. The van der Waals surface area contributed by atoms with Crippen molar-refractivity contribution in [1.29, 1.82) is 0 Å². The van der Waals surface area contributed by atoms with Crippen LogP contribution in [0.2, 0.25) is 5.02 Å². The highest BCUT2D eigenvalue weighted by molar-refractivity contribution is 6.33. The van der Waals surface area contributed by atoms with E-state index in [9.17, 15) is 9.90 Å². The van der Waals surface area contributed by atoms with E-state index in [1.807, 2.05) is 0 Å². The van der Waals surface area contributed by atoms with Gasteiger partial charge in [-0.25, -0.2) is 4.79 Å². The number of aliphatic hydroxyl groups excluding tert-OH is 1. The summed E-state index contributed by atoms with van der Waals surface area (Å²) in [7, 11) is 1.29. The highest BCUT2D eigenvalue weighted by atomic mass is 35.5. The number of rotatable bonds is 5. The summed E-state index contributed by atoms with van der Waals surface area (Å²) in [5, 5.41) is 12.5. The Morgan fingerprint density at radius 3 is 2.88 bits per heavy atom. The lowest BCUT2D eigenvalue weighted by Gasteiger charge is -2.11. The molecule has 4 nitrogen and oxygen atoms in total. The monoisotopic (exact) mass is 277 g/mol. The third-order valence-electron chi connectivity index (χ3n) is 2.09. The summed E-state index contributed by atoms with van der Waals surface area (Å²) in [5.74, 6) is -0.360. The molecule has 94 valence electrons. The quantitative estimate of drug-likeness (QED) is 0.640. The zero-order valence-electron chi connectivity index (χ0n) is 9.24. The van der Waals surface area contributed by atoms with Crippen LogP contribution in [0.5, 0.6) is 0 Å². The molecule has 0 radical (unpaired) electrons. The second kappa shape index (κ2) is 6.69. The van der Waals surface area contributed by atoms with Crippen LogP contribution >= 0.6 is 23.2 Å². The maximum atomic E-state index is 11.4. The van der Waals surface area contributed by atoms with Crippen molar-refractivity contribution in [2.24, 2.45) is 0 Å². The highest BCUT2D eigenvalue weighted by Crippen LogP contribution is 2.21. The van der Waals surface area contributed by atoms with Crippen molar-refractivity contribution in [3.63, 3.8) is 0 Å². The van der Waals surface area contributed by atoms with Crippen LogP contribution in [0, 0.1) is 0 Å². The third kappa shape index (κ3) is 4.07. The minimum Gasteiger partial charge on any atom is -0.465 e. The van der Waals surface area contributed by atoms with Gasteiger partial charge in [-0.2, -0.15) is 0 Å². The minimum atomic E-state index is -0.645. The SMILES string of the molecule is COC(=O)c1cc(NCC(O)CCl)ccc1Cl. The zero-order chi connectivity index (χ0) is 12.8. The molecule has 0 bridgehead atoms. The van der Waals surface area contributed by atoms with Crippen molar-refractivity contribution in [1.82, 2.24) is 0 Å². The van der Waals surface area contributed by atoms with Crippen LogP contribution in [0.1, 0.15) is 10.4 Å². The highest BCUT2D eigenvalue weighted by Gasteiger charge is 2.11. The fraction of sp³-hybridized carbons (Fsp3) is 0.364. The van der Waals surface area contributed by atoms with Gasteiger partial charge in [0.1, 0.15) is 0 Å². The number of alkyl halides is 1. The lowest BCUT2D eigenvalue weighted by molar-refractivity contribution is 0.0601. The van der Waals surface area contributed by atoms with Gasteiger partial charge in [0, 0.05) is 12.2 Å². The average molecular weight is 278 g/mol. The molecule has 1 aromatic carbocycles. The smallest absolute Gasteiger partial charge is 0.339 e. The summed E-state index contributed by atoms with van der Waals surface area (Å²) in [5.41, 5.74) is 0.943. The molecular weight excluding hydrogens is 265 g/mol. The van der Waals surface area contributed by atoms with Crippen LogP contribution in [0.15, 0.2) is 18.2 Å². The molecule has 0 fully saturated rings. The van der Waals surface area contributed by atoms with Gasteiger partial charge in [-0.15, -0.1) is 11.6 Å². The van der Waals surface area contributed by atoms with Gasteiger partial charge in [-0.1, -0.05) is 11.6 Å². The van der Waals surface area contributed by atoms with Crippen molar-refractivity contribution in [3.8, 4) is 0 Å². The maximum absolute atomic E-state index is 11.4. The van der Waals surface area contributed by atoms with Crippen LogP contribution in [-0.2, 0) is 4.74 Å². The van der Waals surface area contributed by atoms with E-state index in [1.54, 1.807) is 18.2 Å². The van der Waals surface area contributed by atoms with Crippen LogP contribution in [-0.4, -0.2) is 36.7 Å². The summed E-state index contributed by atoms with van der Waals surface area (Å²) in [6.45, 7) is 0.297. The van der Waals surface area contributed by atoms with Crippen molar-refractivity contribution in [3.05, 3.63) is 28.8 Å². The predicted molar refractivity (Wildman–Crippen MR) is 68.0 cm³/mol. The number of esters is 1. The van der Waals surface area contributed by atoms with E-state index in [0.717, 1.165) is 0 Å². The normalized spacial score (nSPS) is 12.0. The van der Waals surface area contributed by atoms with Crippen LogP contribution in [0.3, 0.4) is 0 Å². The topological polar surface area (TPSA) is 58.6 Å². The number of carbonyl (C=O) groups is 1. The van der Waals surface area contributed by atoms with Crippen molar-refractivity contribution >= 4 is 34.9 Å². The van der Waals surface area contributed by atoms with E-state index in [4.69, 9.17) is 23.2 Å². The van der Waals surface area contributed by atoms with Gasteiger partial charge in [0.15, 0.2) is 0 Å². The molecule has 0 aliphatic carbocycles. The van der Waals surface area contributed by atoms with Crippen molar-refractivity contribution in [2.75, 3.05) is 24.9 Å². The fourth-order valence-electron chi connectivity index (χ4n) is 1.19. The molecule has 0 aliphatic heterocycles. The Morgan fingerprint density at radius 2 is 2.29 bits per heavy atom. The molecule has 0 spiro atoms. The Bertz CT molecular complexity index is 398. The Morgan fingerprint density at radius 1 is 1.59 bits per heavy atom. The van der Waals surface area contributed by atoms with E-state index in [1.165, 1.54) is 7.11 Å². The summed E-state index contributed by atoms with van der Waals surface area (Å²) in [4.78, 5) is 11.4. The number of hydrogen-bond donors (Lipinski definition) is 2. The zero-order valence-corrected chi connectivity index (χ0v) is 10.8. The second-order valence-corrected chi connectivity index (χ2v) is 4.09. The first kappa shape index (κ1) is 14.1. The van der Waals surface area contributed by atoms with Gasteiger partial charge in [0.2, 0.25) is 0 Å². The Hall–Kier alpha value is -0.970. The number of anilines is 1.